The van der Waals surface area contributed by atoms with E-state index in [0.717, 1.165) is 16.7 Å². The van der Waals surface area contributed by atoms with Crippen molar-refractivity contribution in [3.8, 4) is 0 Å². The van der Waals surface area contributed by atoms with E-state index in [1.165, 1.54) is 10.5 Å². The van der Waals surface area contributed by atoms with Gasteiger partial charge in [-0.15, -0.1) is 6.58 Å². The van der Waals surface area contributed by atoms with Crippen molar-refractivity contribution in [3.05, 3.63) is 99.4 Å². The fourth-order valence-electron chi connectivity index (χ4n) is 3.51. The molecular weight excluding hydrogens is 390 g/mol. The molecule has 7 nitrogen and oxygen atoms in total. The lowest BCUT2D eigenvalue weighted by Gasteiger charge is -2.15. The van der Waals surface area contributed by atoms with Crippen molar-refractivity contribution in [1.82, 2.24) is 19.3 Å². The van der Waals surface area contributed by atoms with Crippen LogP contribution in [0.4, 0.5) is 0 Å². The Kier molecular flexibility index (Phi) is 5.25. The van der Waals surface area contributed by atoms with Crippen LogP contribution >= 0.6 is 0 Å². The van der Waals surface area contributed by atoms with Gasteiger partial charge < -0.3 is 9.88 Å². The first-order valence-corrected chi connectivity index (χ1v) is 9.95. The monoisotopic (exact) mass is 413 g/mol. The fourth-order valence-corrected chi connectivity index (χ4v) is 3.51. The maximum Gasteiger partial charge on any atom is 0.267 e. The van der Waals surface area contributed by atoms with Crippen LogP contribution in [0.15, 0.2) is 66.1 Å². The predicted molar refractivity (Wildman–Crippen MR) is 120 cm³/mol. The molecule has 0 radical (unpaired) electrons. The van der Waals surface area contributed by atoms with Gasteiger partial charge in [-0.25, -0.2) is 4.98 Å². The van der Waals surface area contributed by atoms with Gasteiger partial charge >= 0.3 is 0 Å². The number of pyridine rings is 2. The van der Waals surface area contributed by atoms with E-state index in [9.17, 15) is 9.59 Å². The Morgan fingerprint density at radius 3 is 2.58 bits per heavy atom. The van der Waals surface area contributed by atoms with Crippen LogP contribution in [0, 0.1) is 19.3 Å². The third-order valence-corrected chi connectivity index (χ3v) is 5.17. The zero-order valence-electron chi connectivity index (χ0n) is 17.5. The highest BCUT2D eigenvalue weighted by Crippen LogP contribution is 2.13. The van der Waals surface area contributed by atoms with Gasteiger partial charge in [0.05, 0.1) is 17.5 Å². The number of rotatable bonds is 5. The molecule has 3 heterocycles. The molecule has 0 saturated carbocycles. The Balaban J connectivity index is 2.03. The molecule has 0 unspecified atom stereocenters. The van der Waals surface area contributed by atoms with Crippen molar-refractivity contribution in [3.63, 3.8) is 0 Å². The molecule has 0 atom stereocenters. The second kappa shape index (κ2) is 8.02. The van der Waals surface area contributed by atoms with Gasteiger partial charge in [0, 0.05) is 12.7 Å². The number of nitrogens with one attached hydrogen (secondary N) is 2. The smallest absolute Gasteiger partial charge is 0.267 e. The topological polar surface area (TPSA) is 92.2 Å². The van der Waals surface area contributed by atoms with Crippen LogP contribution < -0.4 is 16.4 Å². The number of hydrogen-bond donors (Lipinski definition) is 2. The van der Waals surface area contributed by atoms with E-state index in [0.29, 0.717) is 17.8 Å². The van der Waals surface area contributed by atoms with Crippen LogP contribution in [0.2, 0.25) is 0 Å². The van der Waals surface area contributed by atoms with E-state index >= 15 is 0 Å². The number of carbonyl (C=O) groups is 1. The number of fused-ring (bicyclic) bond motifs is 2. The first-order chi connectivity index (χ1) is 14.9. The summed E-state index contributed by atoms with van der Waals surface area (Å²) in [7, 11) is 0. The maximum atomic E-state index is 13.3. The largest absolute Gasteiger partial charge is 0.348 e. The summed E-state index contributed by atoms with van der Waals surface area (Å²) >= 11 is 0. The molecule has 0 saturated heterocycles. The van der Waals surface area contributed by atoms with Crippen molar-refractivity contribution >= 4 is 22.6 Å². The molecule has 2 N–H and O–H groups in total. The highest BCUT2D eigenvalue weighted by Gasteiger charge is 2.17. The summed E-state index contributed by atoms with van der Waals surface area (Å²) in [6, 6.07) is 13.0. The van der Waals surface area contributed by atoms with Crippen LogP contribution in [-0.4, -0.2) is 26.4 Å². The molecule has 0 aliphatic carbocycles. The van der Waals surface area contributed by atoms with Crippen molar-refractivity contribution in [2.45, 2.75) is 20.4 Å². The van der Waals surface area contributed by atoms with Crippen molar-refractivity contribution in [1.29, 1.82) is 5.41 Å². The zero-order valence-corrected chi connectivity index (χ0v) is 17.5. The lowest BCUT2D eigenvalue weighted by molar-refractivity contribution is 0.0955. The second-order valence-electron chi connectivity index (χ2n) is 7.57. The van der Waals surface area contributed by atoms with Gasteiger partial charge in [0.15, 0.2) is 0 Å². The maximum absolute atomic E-state index is 13.3. The van der Waals surface area contributed by atoms with Crippen molar-refractivity contribution in [2.24, 2.45) is 0 Å². The van der Waals surface area contributed by atoms with Crippen molar-refractivity contribution < 1.29 is 4.79 Å². The van der Waals surface area contributed by atoms with Gasteiger partial charge in [-0.2, -0.15) is 0 Å². The number of hydrogen-bond acceptors (Lipinski definition) is 4. The Morgan fingerprint density at radius 2 is 1.87 bits per heavy atom. The standard InChI is InChI=1S/C24H23N5O2/c1-4-11-26-23(30)18-12-19-22(27-20-10-7-16(3)13-28(20)24(19)31)29(21(18)25)14-17-8-5-15(2)6-9-17/h4-10,12-13,25H,1,11,14H2,2-3H3,(H,26,30). The Labute approximate surface area is 178 Å². The summed E-state index contributed by atoms with van der Waals surface area (Å²) in [6.45, 7) is 8.08. The fraction of sp³-hybridized carbons (Fsp3) is 0.167. The van der Waals surface area contributed by atoms with Crippen LogP contribution in [-0.2, 0) is 6.54 Å². The number of nitrogens with zero attached hydrogens (tertiary/aromatic N) is 3. The highest BCUT2D eigenvalue weighted by molar-refractivity contribution is 5.96. The van der Waals surface area contributed by atoms with Crippen LogP contribution in [0.5, 0.6) is 0 Å². The molecule has 4 aromatic rings. The quantitative estimate of drug-likeness (QED) is 0.389. The molecule has 0 fully saturated rings. The second-order valence-corrected chi connectivity index (χ2v) is 7.57. The summed E-state index contributed by atoms with van der Waals surface area (Å²) in [4.78, 5) is 30.7. The molecule has 0 bridgehead atoms. The summed E-state index contributed by atoms with van der Waals surface area (Å²) in [6.07, 6.45) is 3.29. The summed E-state index contributed by atoms with van der Waals surface area (Å²) < 4.78 is 3.09. The Morgan fingerprint density at radius 1 is 1.16 bits per heavy atom. The van der Waals surface area contributed by atoms with Crippen LogP contribution in [0.1, 0.15) is 27.0 Å². The average Bonchev–Trinajstić information content (AvgIpc) is 2.76. The molecule has 3 aromatic heterocycles. The lowest BCUT2D eigenvalue weighted by atomic mass is 10.1. The Hall–Kier alpha value is -4.00. The number of benzene rings is 1. The molecule has 1 amide bonds. The van der Waals surface area contributed by atoms with Crippen LogP contribution in [0.3, 0.4) is 0 Å². The van der Waals surface area contributed by atoms with E-state index in [4.69, 9.17) is 5.41 Å². The van der Waals surface area contributed by atoms with Gasteiger partial charge in [0.2, 0.25) is 0 Å². The first kappa shape index (κ1) is 20.3. The molecule has 4 rings (SSSR count). The summed E-state index contributed by atoms with van der Waals surface area (Å²) in [5, 5.41) is 11.7. The van der Waals surface area contributed by atoms with E-state index in [-0.39, 0.29) is 28.5 Å². The van der Waals surface area contributed by atoms with Gasteiger partial charge in [-0.3, -0.25) is 19.4 Å². The highest BCUT2D eigenvalue weighted by atomic mass is 16.1. The molecule has 0 aliphatic heterocycles. The molecule has 31 heavy (non-hydrogen) atoms. The molecule has 0 spiro atoms. The van der Waals surface area contributed by atoms with Gasteiger partial charge in [0.25, 0.3) is 11.5 Å². The minimum Gasteiger partial charge on any atom is -0.348 e. The normalized spacial score (nSPS) is 11.0. The van der Waals surface area contributed by atoms with Crippen molar-refractivity contribution in [2.75, 3.05) is 6.54 Å². The number of aryl methyl sites for hydroxylation is 2. The van der Waals surface area contributed by atoms with Gasteiger partial charge in [-0.1, -0.05) is 42.0 Å². The molecular formula is C24H23N5O2. The molecule has 7 heteroatoms. The molecule has 156 valence electrons. The van der Waals surface area contributed by atoms with E-state index in [2.05, 4.69) is 16.9 Å². The predicted octanol–water partition coefficient (Wildman–Crippen LogP) is 2.71. The minimum atomic E-state index is -0.432. The van der Waals surface area contributed by atoms with Gasteiger partial charge in [-0.05, 0) is 37.1 Å². The third kappa shape index (κ3) is 3.77. The summed E-state index contributed by atoms with van der Waals surface area (Å²) in [5.41, 5.74) is 3.69. The first-order valence-electron chi connectivity index (χ1n) is 9.95. The minimum absolute atomic E-state index is 0.00185. The van der Waals surface area contributed by atoms with E-state index < -0.39 is 5.91 Å². The molecule has 0 aliphatic rings. The van der Waals surface area contributed by atoms with E-state index in [1.807, 2.05) is 44.2 Å². The number of carbonyl (C=O) groups excluding carboxylic acids is 1. The van der Waals surface area contributed by atoms with Crippen LogP contribution in [0.25, 0.3) is 16.7 Å². The summed E-state index contributed by atoms with van der Waals surface area (Å²) in [5.74, 6) is -0.432. The average molecular weight is 413 g/mol. The van der Waals surface area contributed by atoms with Gasteiger partial charge in [0.1, 0.15) is 16.8 Å². The van der Waals surface area contributed by atoms with E-state index in [1.54, 1.807) is 22.9 Å². The SMILES string of the molecule is C=CCNC(=O)c1cc2c(=O)n3cc(C)ccc3nc2n(Cc2ccc(C)cc2)c1=N. The Bertz CT molecular complexity index is 1450. The number of amides is 1. The third-order valence-electron chi connectivity index (χ3n) is 5.17. The zero-order chi connectivity index (χ0) is 22.1. The number of aromatic nitrogens is 3. The lowest BCUT2D eigenvalue weighted by Crippen LogP contribution is -2.35. The molecule has 1 aromatic carbocycles.